The third kappa shape index (κ3) is 7.43. The lowest BCUT2D eigenvalue weighted by Crippen LogP contribution is -2.45. The van der Waals surface area contributed by atoms with Gasteiger partial charge in [0.05, 0.1) is 5.56 Å². The van der Waals surface area contributed by atoms with Crippen LogP contribution in [0.1, 0.15) is 43.2 Å². The molecule has 2 atom stereocenters. The van der Waals surface area contributed by atoms with E-state index in [9.17, 15) is 18.0 Å². The molecule has 0 bridgehead atoms. The molecule has 2 heterocycles. The van der Waals surface area contributed by atoms with Gasteiger partial charge in [-0.2, -0.15) is 28.1 Å². The highest BCUT2D eigenvalue weighted by molar-refractivity contribution is 5.76. The fraction of sp³-hybridized carbons (Fsp3) is 0.600. The Morgan fingerprint density at radius 2 is 1.78 bits per heavy atom. The highest BCUT2D eigenvalue weighted by Crippen LogP contribution is 2.32. The minimum absolute atomic E-state index is 0.0675. The molecule has 1 aliphatic carbocycles. The van der Waals surface area contributed by atoms with Crippen molar-refractivity contribution < 1.29 is 18.0 Å². The van der Waals surface area contributed by atoms with Gasteiger partial charge in [-0.1, -0.05) is 24.6 Å². The largest absolute Gasteiger partial charge is 0.416 e. The van der Waals surface area contributed by atoms with Crippen LogP contribution in [-0.2, 0) is 17.5 Å². The number of carbonyl (C=O) groups is 1. The van der Waals surface area contributed by atoms with Crippen LogP contribution in [0.25, 0.3) is 0 Å². The van der Waals surface area contributed by atoms with Gasteiger partial charge < -0.3 is 25.8 Å². The Kier molecular flexibility index (Phi) is 8.67. The van der Waals surface area contributed by atoms with Crippen LogP contribution in [0.2, 0.25) is 0 Å². The zero-order chi connectivity index (χ0) is 26.4. The number of likely N-dealkylation sites (N-methyl/N-ethyl adjacent to an activating group) is 1. The van der Waals surface area contributed by atoms with Crippen LogP contribution in [0.4, 0.5) is 31.0 Å². The number of alkyl halides is 3. The molecule has 1 saturated heterocycles. The predicted octanol–water partition coefficient (Wildman–Crippen LogP) is 3.36. The summed E-state index contributed by atoms with van der Waals surface area (Å²) in [4.78, 5) is 30.7. The summed E-state index contributed by atoms with van der Waals surface area (Å²) < 4.78 is 39.7. The minimum atomic E-state index is -4.45. The van der Waals surface area contributed by atoms with Crippen molar-refractivity contribution in [3.63, 3.8) is 0 Å². The van der Waals surface area contributed by atoms with Crippen LogP contribution >= 0.6 is 0 Å². The van der Waals surface area contributed by atoms with Crippen LogP contribution in [0, 0.1) is 5.92 Å². The van der Waals surface area contributed by atoms with Gasteiger partial charge in [0.15, 0.2) is 0 Å². The fourth-order valence-electron chi connectivity index (χ4n) is 4.96. The second kappa shape index (κ2) is 11.9. The summed E-state index contributed by atoms with van der Waals surface area (Å²) in [6.45, 7) is 3.43. The molecular weight excluding hydrogens is 485 g/mol. The summed E-state index contributed by atoms with van der Waals surface area (Å²) in [5.74, 6) is 1.54. The van der Waals surface area contributed by atoms with Crippen molar-refractivity contribution in [1.82, 2.24) is 25.2 Å². The first-order valence-corrected chi connectivity index (χ1v) is 12.8. The molecule has 9 nitrogen and oxygen atoms in total. The molecule has 12 heteroatoms. The highest BCUT2D eigenvalue weighted by atomic mass is 19.4. The third-order valence-corrected chi connectivity index (χ3v) is 7.02. The summed E-state index contributed by atoms with van der Waals surface area (Å²) >= 11 is 0. The first-order chi connectivity index (χ1) is 17.7. The first-order valence-electron chi connectivity index (χ1n) is 12.8. The molecule has 3 N–H and O–H groups in total. The summed E-state index contributed by atoms with van der Waals surface area (Å²) in [7, 11) is 3.87. The van der Waals surface area contributed by atoms with Crippen molar-refractivity contribution in [1.29, 1.82) is 0 Å². The number of halogens is 3. The van der Waals surface area contributed by atoms with Crippen LogP contribution in [0.15, 0.2) is 24.3 Å². The van der Waals surface area contributed by atoms with Gasteiger partial charge in [0.2, 0.25) is 23.8 Å². The number of anilines is 3. The van der Waals surface area contributed by atoms with E-state index >= 15 is 0 Å². The van der Waals surface area contributed by atoms with Gasteiger partial charge in [-0.3, -0.25) is 4.79 Å². The lowest BCUT2D eigenvalue weighted by Gasteiger charge is -2.33. The maximum Gasteiger partial charge on any atom is 0.416 e. The summed E-state index contributed by atoms with van der Waals surface area (Å²) in [6.07, 6.45) is -0.635. The van der Waals surface area contributed by atoms with Crippen LogP contribution in [-0.4, -0.2) is 72.1 Å². The van der Waals surface area contributed by atoms with E-state index in [1.165, 1.54) is 12.1 Å². The van der Waals surface area contributed by atoms with Gasteiger partial charge in [0.25, 0.3) is 0 Å². The molecule has 1 aromatic carbocycles. The molecule has 1 amide bonds. The smallest absolute Gasteiger partial charge is 0.357 e. The molecule has 1 saturated carbocycles. The fourth-order valence-corrected chi connectivity index (χ4v) is 4.96. The average Bonchev–Trinajstić information content (AvgIpc) is 2.87. The Bertz CT molecular complexity index is 1060. The second-order valence-corrected chi connectivity index (χ2v) is 9.83. The molecule has 0 spiro atoms. The van der Waals surface area contributed by atoms with Crippen molar-refractivity contribution in [2.75, 3.05) is 55.8 Å². The molecule has 2 fully saturated rings. The lowest BCUT2D eigenvalue weighted by atomic mass is 9.83. The Balaban J connectivity index is 1.32. The maximum absolute atomic E-state index is 13.2. The van der Waals surface area contributed by atoms with Gasteiger partial charge in [0.1, 0.15) is 0 Å². The molecule has 37 heavy (non-hydrogen) atoms. The average molecular weight is 521 g/mol. The number of benzene rings is 1. The zero-order valence-electron chi connectivity index (χ0n) is 21.3. The number of aromatic nitrogens is 3. The molecule has 4 rings (SSSR count). The molecule has 2 aromatic rings. The molecule has 1 aliphatic heterocycles. The van der Waals surface area contributed by atoms with E-state index in [4.69, 9.17) is 0 Å². The van der Waals surface area contributed by atoms with Gasteiger partial charge in [0, 0.05) is 52.2 Å². The molecule has 202 valence electrons. The van der Waals surface area contributed by atoms with Gasteiger partial charge in [-0.15, -0.1) is 0 Å². The Morgan fingerprint density at radius 1 is 1.05 bits per heavy atom. The van der Waals surface area contributed by atoms with E-state index in [1.54, 1.807) is 13.1 Å². The van der Waals surface area contributed by atoms with Crippen LogP contribution in [0.3, 0.4) is 0 Å². The van der Waals surface area contributed by atoms with E-state index in [0.29, 0.717) is 17.8 Å². The molecule has 1 aromatic heterocycles. The summed E-state index contributed by atoms with van der Waals surface area (Å²) in [6, 6.07) is 5.43. The van der Waals surface area contributed by atoms with E-state index < -0.39 is 11.7 Å². The van der Waals surface area contributed by atoms with Crippen LogP contribution < -0.4 is 20.9 Å². The Labute approximate surface area is 215 Å². The maximum atomic E-state index is 13.2. The number of hydrogen-bond donors (Lipinski definition) is 3. The van der Waals surface area contributed by atoms with Gasteiger partial charge in [-0.05, 0) is 43.9 Å². The molecule has 0 radical (unpaired) electrons. The normalized spacial score (nSPS) is 20.9. The van der Waals surface area contributed by atoms with Crippen molar-refractivity contribution in [2.24, 2.45) is 5.92 Å². The van der Waals surface area contributed by atoms with Crippen molar-refractivity contribution >= 4 is 23.8 Å². The van der Waals surface area contributed by atoms with Crippen molar-refractivity contribution in [3.05, 3.63) is 35.4 Å². The summed E-state index contributed by atoms with van der Waals surface area (Å²) in [5.41, 5.74) is -0.649. The van der Waals surface area contributed by atoms with Gasteiger partial charge >= 0.3 is 6.18 Å². The summed E-state index contributed by atoms with van der Waals surface area (Å²) in [5, 5.41) is 9.11. The monoisotopic (exact) mass is 520 g/mol. The number of nitrogens with one attached hydrogen (secondary N) is 3. The number of carbonyl (C=O) groups excluding carboxylic acids is 1. The minimum Gasteiger partial charge on any atom is -0.357 e. The highest BCUT2D eigenvalue weighted by Gasteiger charge is 2.33. The SMILES string of the molecule is CNc1nc(NC2CCCC(CC(=O)NCc3ccccc3C(F)(F)F)C2)nc(N2CCN(C)CC2)n1. The number of hydrogen-bond acceptors (Lipinski definition) is 8. The van der Waals surface area contributed by atoms with Gasteiger partial charge in [-0.25, -0.2) is 0 Å². The number of piperazine rings is 1. The number of nitrogens with zero attached hydrogens (tertiary/aromatic N) is 5. The Hall–Kier alpha value is -3.15. The molecule has 2 unspecified atom stereocenters. The van der Waals surface area contributed by atoms with E-state index in [1.807, 2.05) is 0 Å². The van der Waals surface area contributed by atoms with Crippen LogP contribution in [0.5, 0.6) is 0 Å². The lowest BCUT2D eigenvalue weighted by molar-refractivity contribution is -0.138. The van der Waals surface area contributed by atoms with Crippen molar-refractivity contribution in [2.45, 2.75) is 50.9 Å². The first kappa shape index (κ1) is 26.9. The number of rotatable bonds is 8. The third-order valence-electron chi connectivity index (χ3n) is 7.02. The standard InChI is InChI=1S/C25H35F3N8O/c1-29-22-32-23(34-24(33-22)36-12-10-35(2)11-13-36)31-19-8-5-6-17(14-19)15-21(37)30-16-18-7-3-4-9-20(18)25(26,27)28/h3-4,7,9,17,19H,5-6,8,10-16H2,1-2H3,(H,30,37)(H2,29,31,32,33,34). The topological polar surface area (TPSA) is 98.3 Å². The Morgan fingerprint density at radius 3 is 2.51 bits per heavy atom. The van der Waals surface area contributed by atoms with E-state index in [-0.39, 0.29) is 36.4 Å². The second-order valence-electron chi connectivity index (χ2n) is 9.83. The zero-order valence-corrected chi connectivity index (χ0v) is 21.3. The molecular formula is C25H35F3N8O. The molecule has 2 aliphatic rings. The van der Waals surface area contributed by atoms with E-state index in [2.05, 4.69) is 47.7 Å². The van der Waals surface area contributed by atoms with E-state index in [0.717, 1.165) is 57.9 Å². The number of amides is 1. The predicted molar refractivity (Wildman–Crippen MR) is 136 cm³/mol. The quantitative estimate of drug-likeness (QED) is 0.488. The van der Waals surface area contributed by atoms with Crippen molar-refractivity contribution in [3.8, 4) is 0 Å².